The molecule has 1 aromatic heterocycles. The average Bonchev–Trinajstić information content (AvgIpc) is 3.24. The van der Waals surface area contributed by atoms with Crippen LogP contribution >= 0.6 is 0 Å². The van der Waals surface area contributed by atoms with Crippen LogP contribution < -0.4 is 10.5 Å². The number of hydrogen-bond acceptors (Lipinski definition) is 4. The lowest BCUT2D eigenvalue weighted by Crippen LogP contribution is -2.39. The Hall–Kier alpha value is -1.65. The third-order valence-corrected chi connectivity index (χ3v) is 3.82. The summed E-state index contributed by atoms with van der Waals surface area (Å²) in [6, 6.07) is 0.381. The molecule has 2 heterocycles. The molecule has 0 spiro atoms. The highest BCUT2D eigenvalue weighted by atomic mass is 16.1. The molecule has 0 radical (unpaired) electrons. The fourth-order valence-electron chi connectivity index (χ4n) is 2.52. The Morgan fingerprint density at radius 1 is 1.22 bits per heavy atom. The summed E-state index contributed by atoms with van der Waals surface area (Å²) < 4.78 is 1.80. The molecule has 0 amide bonds. The number of hydrogen-bond donors (Lipinski definition) is 0. The van der Waals surface area contributed by atoms with Crippen molar-refractivity contribution in [3.05, 3.63) is 22.7 Å². The van der Waals surface area contributed by atoms with E-state index >= 15 is 0 Å². The standard InChI is InChI=1S/C13H17N3O2/c17-9-10-3-6-15(7-4-10)12-13(18)16(8-5-14-12)11-1-2-11/h5,8-11H,1-4,6-7H2. The van der Waals surface area contributed by atoms with Gasteiger partial charge < -0.3 is 14.3 Å². The van der Waals surface area contributed by atoms with Crippen molar-refractivity contribution in [3.63, 3.8) is 0 Å². The quantitative estimate of drug-likeness (QED) is 0.748. The minimum atomic E-state index is 0.0181. The Morgan fingerprint density at radius 2 is 1.94 bits per heavy atom. The van der Waals surface area contributed by atoms with Crippen LogP contribution in [0.5, 0.6) is 0 Å². The molecule has 0 N–H and O–H groups in total. The number of piperidine rings is 1. The smallest absolute Gasteiger partial charge is 0.293 e. The molecule has 0 bridgehead atoms. The van der Waals surface area contributed by atoms with Gasteiger partial charge >= 0.3 is 0 Å². The summed E-state index contributed by atoms with van der Waals surface area (Å²) in [4.78, 5) is 29.3. The summed E-state index contributed by atoms with van der Waals surface area (Å²) >= 11 is 0. The van der Waals surface area contributed by atoms with Crippen molar-refractivity contribution < 1.29 is 4.79 Å². The summed E-state index contributed by atoms with van der Waals surface area (Å²) in [5, 5.41) is 0. The zero-order valence-electron chi connectivity index (χ0n) is 10.3. The van der Waals surface area contributed by atoms with Crippen LogP contribution in [0.4, 0.5) is 5.82 Å². The second kappa shape index (κ2) is 4.55. The van der Waals surface area contributed by atoms with Gasteiger partial charge in [0.1, 0.15) is 6.29 Å². The van der Waals surface area contributed by atoms with Gasteiger partial charge in [-0.15, -0.1) is 0 Å². The molecule has 18 heavy (non-hydrogen) atoms. The van der Waals surface area contributed by atoms with Crippen molar-refractivity contribution in [2.24, 2.45) is 5.92 Å². The van der Waals surface area contributed by atoms with Crippen molar-refractivity contribution in [2.75, 3.05) is 18.0 Å². The maximum absolute atomic E-state index is 12.3. The highest BCUT2D eigenvalue weighted by Crippen LogP contribution is 2.33. The van der Waals surface area contributed by atoms with E-state index < -0.39 is 0 Å². The fourth-order valence-corrected chi connectivity index (χ4v) is 2.52. The summed E-state index contributed by atoms with van der Waals surface area (Å²) in [6.07, 6.45) is 8.35. The van der Waals surface area contributed by atoms with Crippen LogP contribution in [0, 0.1) is 5.92 Å². The number of nitrogens with zero attached hydrogens (tertiary/aromatic N) is 3. The van der Waals surface area contributed by atoms with Crippen molar-refractivity contribution in [1.29, 1.82) is 0 Å². The van der Waals surface area contributed by atoms with Gasteiger partial charge in [-0.05, 0) is 25.7 Å². The lowest BCUT2D eigenvalue weighted by Gasteiger charge is -2.30. The highest BCUT2D eigenvalue weighted by molar-refractivity contribution is 5.54. The van der Waals surface area contributed by atoms with Gasteiger partial charge in [0, 0.05) is 37.4 Å². The SMILES string of the molecule is O=CC1CCN(c2nccn(C3CC3)c2=O)CC1. The van der Waals surface area contributed by atoms with E-state index in [2.05, 4.69) is 4.98 Å². The molecule has 5 heteroatoms. The van der Waals surface area contributed by atoms with Gasteiger partial charge in [-0.2, -0.15) is 0 Å². The van der Waals surface area contributed by atoms with E-state index in [4.69, 9.17) is 0 Å². The Kier molecular flexibility index (Phi) is 2.89. The van der Waals surface area contributed by atoms with E-state index in [1.807, 2.05) is 4.90 Å². The van der Waals surface area contributed by atoms with Gasteiger partial charge in [0.05, 0.1) is 0 Å². The van der Waals surface area contributed by atoms with E-state index in [1.165, 1.54) is 0 Å². The van der Waals surface area contributed by atoms with E-state index in [1.54, 1.807) is 17.0 Å². The molecule has 2 fully saturated rings. The van der Waals surface area contributed by atoms with Crippen LogP contribution in [-0.4, -0.2) is 28.9 Å². The van der Waals surface area contributed by atoms with Crippen LogP contribution in [0.3, 0.4) is 0 Å². The van der Waals surface area contributed by atoms with Crippen LogP contribution in [0.25, 0.3) is 0 Å². The fraction of sp³-hybridized carbons (Fsp3) is 0.615. The largest absolute Gasteiger partial charge is 0.352 e. The Morgan fingerprint density at radius 3 is 2.56 bits per heavy atom. The molecule has 0 atom stereocenters. The van der Waals surface area contributed by atoms with Crippen LogP contribution in [-0.2, 0) is 4.79 Å². The van der Waals surface area contributed by atoms with E-state index in [9.17, 15) is 9.59 Å². The second-order valence-corrected chi connectivity index (χ2v) is 5.16. The molecule has 5 nitrogen and oxygen atoms in total. The third-order valence-electron chi connectivity index (χ3n) is 3.82. The molecule has 1 aromatic rings. The van der Waals surface area contributed by atoms with Crippen LogP contribution in [0.15, 0.2) is 17.2 Å². The summed E-state index contributed by atoms with van der Waals surface area (Å²) in [5.41, 5.74) is 0.0181. The molecular formula is C13H17N3O2. The summed E-state index contributed by atoms with van der Waals surface area (Å²) in [7, 11) is 0. The van der Waals surface area contributed by atoms with Gasteiger partial charge in [-0.3, -0.25) is 4.79 Å². The predicted molar refractivity (Wildman–Crippen MR) is 67.8 cm³/mol. The molecule has 0 aromatic carbocycles. The summed E-state index contributed by atoms with van der Waals surface area (Å²) in [6.45, 7) is 1.50. The van der Waals surface area contributed by atoms with Crippen LogP contribution in [0.1, 0.15) is 31.7 Å². The Bertz CT molecular complexity index is 499. The molecule has 0 unspecified atom stereocenters. The Balaban J connectivity index is 1.82. The molecule has 1 aliphatic heterocycles. The molecule has 1 saturated carbocycles. The number of carbonyl (C=O) groups is 1. The first-order valence-corrected chi connectivity index (χ1v) is 6.57. The lowest BCUT2D eigenvalue weighted by molar-refractivity contribution is -0.111. The molecular weight excluding hydrogens is 230 g/mol. The number of aromatic nitrogens is 2. The van der Waals surface area contributed by atoms with Gasteiger partial charge in [-0.1, -0.05) is 0 Å². The number of anilines is 1. The first-order valence-electron chi connectivity index (χ1n) is 6.57. The van der Waals surface area contributed by atoms with Gasteiger partial charge in [0.25, 0.3) is 5.56 Å². The van der Waals surface area contributed by atoms with E-state index in [0.29, 0.717) is 11.9 Å². The molecule has 2 aliphatic rings. The van der Waals surface area contributed by atoms with Crippen molar-refractivity contribution in [2.45, 2.75) is 31.7 Å². The first-order chi connectivity index (χ1) is 8.79. The molecule has 96 valence electrons. The van der Waals surface area contributed by atoms with Gasteiger partial charge in [0.15, 0.2) is 5.82 Å². The highest BCUT2D eigenvalue weighted by Gasteiger charge is 2.27. The minimum Gasteiger partial charge on any atom is -0.352 e. The maximum atomic E-state index is 12.3. The molecule has 1 aliphatic carbocycles. The van der Waals surface area contributed by atoms with Crippen LogP contribution in [0.2, 0.25) is 0 Å². The topological polar surface area (TPSA) is 55.2 Å². The number of carbonyl (C=O) groups excluding carboxylic acids is 1. The predicted octanol–water partition coefficient (Wildman–Crippen LogP) is 0.993. The Labute approximate surface area is 105 Å². The van der Waals surface area contributed by atoms with Crippen molar-refractivity contribution in [3.8, 4) is 0 Å². The van der Waals surface area contributed by atoms with Gasteiger partial charge in [-0.25, -0.2) is 4.98 Å². The van der Waals surface area contributed by atoms with Crippen molar-refractivity contribution in [1.82, 2.24) is 9.55 Å². The molecule has 3 rings (SSSR count). The lowest BCUT2D eigenvalue weighted by atomic mass is 9.99. The zero-order valence-corrected chi connectivity index (χ0v) is 10.3. The zero-order chi connectivity index (χ0) is 12.5. The monoisotopic (exact) mass is 247 g/mol. The maximum Gasteiger partial charge on any atom is 0.293 e. The average molecular weight is 247 g/mol. The minimum absolute atomic E-state index is 0.0181. The third kappa shape index (κ3) is 2.05. The van der Waals surface area contributed by atoms with Crippen molar-refractivity contribution >= 4 is 12.1 Å². The normalized spacial score (nSPS) is 21.0. The molecule has 1 saturated heterocycles. The second-order valence-electron chi connectivity index (χ2n) is 5.16. The first kappa shape index (κ1) is 11.4. The van der Waals surface area contributed by atoms with E-state index in [0.717, 1.165) is 45.1 Å². The number of aldehydes is 1. The number of rotatable bonds is 3. The van der Waals surface area contributed by atoms with Gasteiger partial charge in [0.2, 0.25) is 0 Å². The van der Waals surface area contributed by atoms with E-state index in [-0.39, 0.29) is 11.5 Å². The summed E-state index contributed by atoms with van der Waals surface area (Å²) in [5.74, 6) is 0.698.